The van der Waals surface area contributed by atoms with Gasteiger partial charge in [0, 0.05) is 18.0 Å². The number of nitrogens with zero attached hydrogens (tertiary/aromatic N) is 1. The van der Waals surface area contributed by atoms with Crippen LogP contribution in [0.2, 0.25) is 5.02 Å². The lowest BCUT2D eigenvalue weighted by Crippen LogP contribution is -2.29. The summed E-state index contributed by atoms with van der Waals surface area (Å²) in [6, 6.07) is 16.9. The third kappa shape index (κ3) is 4.20. The van der Waals surface area contributed by atoms with E-state index in [4.69, 9.17) is 16.3 Å². The average molecular weight is 358 g/mol. The Hall–Kier alpha value is -2.33. The maximum absolute atomic E-state index is 12.3. The normalized spacial score (nSPS) is 18.2. The molecule has 0 radical (unpaired) electrons. The smallest absolute Gasteiger partial charge is 0.311 e. The highest BCUT2D eigenvalue weighted by molar-refractivity contribution is 6.30. The summed E-state index contributed by atoms with van der Waals surface area (Å²) in [5, 5.41) is 0.641. The second kappa shape index (κ2) is 7.70. The van der Waals surface area contributed by atoms with Crippen molar-refractivity contribution in [1.82, 2.24) is 4.90 Å². The zero-order chi connectivity index (χ0) is 17.8. The number of hydrogen-bond acceptors (Lipinski definition) is 3. The summed E-state index contributed by atoms with van der Waals surface area (Å²) in [6.45, 7) is 2.57. The Morgan fingerprint density at radius 2 is 1.88 bits per heavy atom. The number of esters is 1. The van der Waals surface area contributed by atoms with Gasteiger partial charge in [-0.15, -0.1) is 0 Å². The quantitative estimate of drug-likeness (QED) is 0.760. The van der Waals surface area contributed by atoms with Gasteiger partial charge in [0.25, 0.3) is 0 Å². The Morgan fingerprint density at radius 3 is 2.56 bits per heavy atom. The number of amides is 1. The molecule has 1 aliphatic heterocycles. The molecule has 4 nitrogen and oxygen atoms in total. The van der Waals surface area contributed by atoms with Crippen molar-refractivity contribution in [3.8, 4) is 0 Å². The lowest BCUT2D eigenvalue weighted by Gasteiger charge is -2.25. The van der Waals surface area contributed by atoms with Crippen LogP contribution in [0, 0.1) is 5.92 Å². The van der Waals surface area contributed by atoms with Crippen LogP contribution < -0.4 is 0 Å². The third-order valence-corrected chi connectivity index (χ3v) is 4.79. The van der Waals surface area contributed by atoms with E-state index in [2.05, 4.69) is 0 Å². The number of benzene rings is 2. The summed E-state index contributed by atoms with van der Waals surface area (Å²) in [6.07, 6.45) is 0.205. The van der Waals surface area contributed by atoms with Crippen LogP contribution in [0.25, 0.3) is 0 Å². The van der Waals surface area contributed by atoms with Gasteiger partial charge in [-0.3, -0.25) is 9.59 Å². The first-order valence-electron chi connectivity index (χ1n) is 8.30. The van der Waals surface area contributed by atoms with Crippen LogP contribution in [0.15, 0.2) is 54.6 Å². The Morgan fingerprint density at radius 1 is 1.20 bits per heavy atom. The summed E-state index contributed by atoms with van der Waals surface area (Å²) in [5.41, 5.74) is 1.93. The van der Waals surface area contributed by atoms with Gasteiger partial charge in [-0.25, -0.2) is 0 Å². The van der Waals surface area contributed by atoms with Crippen molar-refractivity contribution >= 4 is 23.5 Å². The van der Waals surface area contributed by atoms with E-state index < -0.39 is 5.92 Å². The first-order chi connectivity index (χ1) is 12.0. The molecule has 2 atom stereocenters. The van der Waals surface area contributed by atoms with Crippen LogP contribution >= 0.6 is 11.6 Å². The summed E-state index contributed by atoms with van der Waals surface area (Å²) >= 11 is 5.84. The maximum Gasteiger partial charge on any atom is 0.311 e. The van der Waals surface area contributed by atoms with Gasteiger partial charge in [0.1, 0.15) is 6.61 Å². The molecule has 1 heterocycles. The van der Waals surface area contributed by atoms with E-state index in [1.807, 2.05) is 49.4 Å². The van der Waals surface area contributed by atoms with Gasteiger partial charge in [0.05, 0.1) is 12.0 Å². The molecule has 1 aliphatic rings. The second-order valence-electron chi connectivity index (χ2n) is 6.27. The molecule has 2 aromatic rings. The zero-order valence-electron chi connectivity index (χ0n) is 14.0. The number of carbonyl (C=O) groups is 2. The molecule has 0 saturated carbocycles. The van der Waals surface area contributed by atoms with Gasteiger partial charge in [-0.05, 0) is 30.2 Å². The molecule has 5 heteroatoms. The minimum absolute atomic E-state index is 0.00945. The van der Waals surface area contributed by atoms with Gasteiger partial charge in [-0.2, -0.15) is 0 Å². The lowest BCUT2D eigenvalue weighted by atomic mass is 10.1. The van der Waals surface area contributed by atoms with Crippen LogP contribution in [0.5, 0.6) is 0 Å². The Labute approximate surface area is 152 Å². The van der Waals surface area contributed by atoms with Crippen LogP contribution in [0.1, 0.15) is 30.5 Å². The van der Waals surface area contributed by atoms with E-state index in [9.17, 15) is 9.59 Å². The maximum atomic E-state index is 12.3. The SMILES string of the molecule is C[C@H](c1ccccc1)N1C[C@H](C(=O)OCc2ccc(Cl)cc2)CC1=O. The van der Waals surface area contributed by atoms with E-state index in [0.717, 1.165) is 11.1 Å². The molecule has 130 valence electrons. The zero-order valence-corrected chi connectivity index (χ0v) is 14.8. The number of rotatable bonds is 5. The van der Waals surface area contributed by atoms with Gasteiger partial charge in [0.2, 0.25) is 5.91 Å². The number of hydrogen-bond donors (Lipinski definition) is 0. The van der Waals surface area contributed by atoms with Gasteiger partial charge in [0.15, 0.2) is 0 Å². The largest absolute Gasteiger partial charge is 0.461 e. The Kier molecular flexibility index (Phi) is 5.39. The fourth-order valence-electron chi connectivity index (χ4n) is 3.03. The minimum atomic E-state index is -0.411. The lowest BCUT2D eigenvalue weighted by molar-refractivity contribution is -0.149. The van der Waals surface area contributed by atoms with Crippen molar-refractivity contribution in [1.29, 1.82) is 0 Å². The number of halogens is 1. The van der Waals surface area contributed by atoms with Gasteiger partial charge < -0.3 is 9.64 Å². The van der Waals surface area contributed by atoms with Crippen molar-refractivity contribution in [2.45, 2.75) is 26.0 Å². The minimum Gasteiger partial charge on any atom is -0.461 e. The summed E-state index contributed by atoms with van der Waals surface area (Å²) in [4.78, 5) is 26.4. The molecule has 25 heavy (non-hydrogen) atoms. The highest BCUT2D eigenvalue weighted by Gasteiger charge is 2.37. The third-order valence-electron chi connectivity index (χ3n) is 4.54. The van der Waals surface area contributed by atoms with Crippen LogP contribution in [-0.4, -0.2) is 23.3 Å². The topological polar surface area (TPSA) is 46.6 Å². The predicted molar refractivity (Wildman–Crippen MR) is 95.9 cm³/mol. The summed E-state index contributed by atoms with van der Waals surface area (Å²) in [5.74, 6) is -0.748. The first kappa shape index (κ1) is 17.5. The monoisotopic (exact) mass is 357 g/mol. The molecule has 0 N–H and O–H groups in total. The molecule has 0 unspecified atom stereocenters. The highest BCUT2D eigenvalue weighted by atomic mass is 35.5. The van der Waals surface area contributed by atoms with Crippen molar-refractivity contribution in [2.75, 3.05) is 6.54 Å². The molecule has 1 fully saturated rings. The molecule has 1 amide bonds. The summed E-state index contributed by atoms with van der Waals surface area (Å²) < 4.78 is 5.37. The molecular weight excluding hydrogens is 338 g/mol. The molecule has 1 saturated heterocycles. The van der Waals surface area contributed by atoms with E-state index >= 15 is 0 Å². The van der Waals surface area contributed by atoms with Gasteiger partial charge in [-0.1, -0.05) is 54.1 Å². The molecule has 0 bridgehead atoms. The van der Waals surface area contributed by atoms with Crippen molar-refractivity contribution < 1.29 is 14.3 Å². The van der Waals surface area contributed by atoms with Crippen molar-refractivity contribution in [2.24, 2.45) is 5.92 Å². The average Bonchev–Trinajstić information content (AvgIpc) is 3.03. The van der Waals surface area contributed by atoms with Crippen LogP contribution in [-0.2, 0) is 20.9 Å². The molecule has 0 aromatic heterocycles. The number of carbonyl (C=O) groups excluding carboxylic acids is 2. The van der Waals surface area contributed by atoms with E-state index in [-0.39, 0.29) is 30.9 Å². The second-order valence-corrected chi connectivity index (χ2v) is 6.70. The molecule has 0 spiro atoms. The number of ether oxygens (including phenoxy) is 1. The first-order valence-corrected chi connectivity index (χ1v) is 8.68. The van der Waals surface area contributed by atoms with E-state index in [0.29, 0.717) is 11.6 Å². The van der Waals surface area contributed by atoms with Crippen molar-refractivity contribution in [3.63, 3.8) is 0 Å². The number of likely N-dealkylation sites (tertiary alicyclic amines) is 1. The molecule has 3 rings (SSSR count). The predicted octanol–water partition coefficient (Wildman–Crippen LogP) is 3.99. The highest BCUT2D eigenvalue weighted by Crippen LogP contribution is 2.29. The van der Waals surface area contributed by atoms with Crippen LogP contribution in [0.4, 0.5) is 0 Å². The van der Waals surface area contributed by atoms with Crippen LogP contribution in [0.3, 0.4) is 0 Å². The van der Waals surface area contributed by atoms with E-state index in [1.165, 1.54) is 0 Å². The van der Waals surface area contributed by atoms with Gasteiger partial charge >= 0.3 is 5.97 Å². The molecule has 2 aromatic carbocycles. The van der Waals surface area contributed by atoms with E-state index in [1.54, 1.807) is 17.0 Å². The molecule has 0 aliphatic carbocycles. The molecular formula is C20H20ClNO3. The fourth-order valence-corrected chi connectivity index (χ4v) is 3.15. The summed E-state index contributed by atoms with van der Waals surface area (Å²) in [7, 11) is 0. The Balaban J connectivity index is 1.58. The Bertz CT molecular complexity index is 745. The standard InChI is InChI=1S/C20H20ClNO3/c1-14(16-5-3-2-4-6-16)22-12-17(11-19(22)23)20(24)25-13-15-7-9-18(21)10-8-15/h2-10,14,17H,11-13H2,1H3/t14-,17-/m1/s1. The van der Waals surface area contributed by atoms with Crippen molar-refractivity contribution in [3.05, 3.63) is 70.7 Å². The fraction of sp³-hybridized carbons (Fsp3) is 0.300.